The SMILES string of the molecule is CC(C)CCC(=O)NCC[C@H](O)CN1C(=O)c2ccccc2C1=O. The number of benzene rings is 1. The molecule has 0 spiro atoms. The van der Waals surface area contributed by atoms with E-state index in [-0.39, 0.29) is 24.3 Å². The lowest BCUT2D eigenvalue weighted by molar-refractivity contribution is -0.121. The van der Waals surface area contributed by atoms with Crippen molar-refractivity contribution in [2.75, 3.05) is 13.1 Å². The van der Waals surface area contributed by atoms with Crippen LogP contribution in [0.3, 0.4) is 0 Å². The third-order valence-electron chi connectivity index (χ3n) is 4.02. The number of fused-ring (bicyclic) bond motifs is 1. The van der Waals surface area contributed by atoms with Crippen LogP contribution in [0.4, 0.5) is 0 Å². The Morgan fingerprint density at radius 3 is 2.25 bits per heavy atom. The van der Waals surface area contributed by atoms with Gasteiger partial charge < -0.3 is 10.4 Å². The van der Waals surface area contributed by atoms with E-state index in [4.69, 9.17) is 0 Å². The Morgan fingerprint density at radius 2 is 1.71 bits per heavy atom. The number of carbonyl (C=O) groups is 3. The summed E-state index contributed by atoms with van der Waals surface area (Å²) in [5, 5.41) is 12.8. The predicted octanol–water partition coefficient (Wildman–Crippen LogP) is 1.59. The fourth-order valence-corrected chi connectivity index (χ4v) is 2.59. The molecule has 6 nitrogen and oxygen atoms in total. The number of imide groups is 1. The third-order valence-corrected chi connectivity index (χ3v) is 4.02. The standard InChI is InChI=1S/C18H24N2O4/c1-12(2)7-8-16(22)19-10-9-13(21)11-20-17(23)14-5-3-4-6-15(14)18(20)24/h3-6,12-13,21H,7-11H2,1-2H3,(H,19,22)/t13-/m0/s1. The van der Waals surface area contributed by atoms with Gasteiger partial charge in [0, 0.05) is 13.0 Å². The molecule has 1 aromatic carbocycles. The van der Waals surface area contributed by atoms with E-state index in [1.807, 2.05) is 0 Å². The maximum absolute atomic E-state index is 12.2. The third kappa shape index (κ3) is 4.41. The lowest BCUT2D eigenvalue weighted by Crippen LogP contribution is -2.38. The molecule has 0 unspecified atom stereocenters. The van der Waals surface area contributed by atoms with Gasteiger partial charge in [-0.05, 0) is 30.9 Å². The van der Waals surface area contributed by atoms with E-state index >= 15 is 0 Å². The Labute approximate surface area is 141 Å². The molecule has 1 atom stereocenters. The van der Waals surface area contributed by atoms with Crippen molar-refractivity contribution in [2.24, 2.45) is 5.92 Å². The predicted molar refractivity (Wildman–Crippen MR) is 89.5 cm³/mol. The number of aliphatic hydroxyl groups excluding tert-OH is 1. The fraction of sp³-hybridized carbons (Fsp3) is 0.500. The minimum Gasteiger partial charge on any atom is -0.391 e. The highest BCUT2D eigenvalue weighted by molar-refractivity contribution is 6.21. The highest BCUT2D eigenvalue weighted by Gasteiger charge is 2.35. The van der Waals surface area contributed by atoms with Crippen molar-refractivity contribution in [1.29, 1.82) is 0 Å². The topological polar surface area (TPSA) is 86.7 Å². The largest absolute Gasteiger partial charge is 0.391 e. The average Bonchev–Trinajstić information content (AvgIpc) is 2.78. The molecule has 24 heavy (non-hydrogen) atoms. The molecule has 2 rings (SSSR count). The van der Waals surface area contributed by atoms with Crippen LogP contribution >= 0.6 is 0 Å². The number of nitrogens with one attached hydrogen (secondary N) is 1. The van der Waals surface area contributed by atoms with Crippen molar-refractivity contribution in [3.05, 3.63) is 35.4 Å². The van der Waals surface area contributed by atoms with Gasteiger partial charge in [0.1, 0.15) is 0 Å². The number of carbonyl (C=O) groups excluding carboxylic acids is 3. The molecule has 0 aliphatic carbocycles. The molecule has 6 heteroatoms. The number of β-amino-alcohol motifs (C(OH)–C–C–N with tert-alkyl or cyclic N) is 1. The number of aliphatic hydroxyl groups is 1. The Hall–Kier alpha value is -2.21. The summed E-state index contributed by atoms with van der Waals surface area (Å²) in [6.45, 7) is 4.37. The Balaban J connectivity index is 1.77. The zero-order valence-electron chi connectivity index (χ0n) is 14.1. The van der Waals surface area contributed by atoms with Crippen molar-refractivity contribution in [3.8, 4) is 0 Å². The molecule has 130 valence electrons. The lowest BCUT2D eigenvalue weighted by atomic mass is 10.1. The highest BCUT2D eigenvalue weighted by atomic mass is 16.3. The number of nitrogens with zero attached hydrogens (tertiary/aromatic N) is 1. The molecule has 1 aromatic rings. The molecule has 0 fully saturated rings. The second-order valence-corrected chi connectivity index (χ2v) is 6.49. The van der Waals surface area contributed by atoms with Gasteiger partial charge in [-0.1, -0.05) is 26.0 Å². The number of hydrogen-bond acceptors (Lipinski definition) is 4. The lowest BCUT2D eigenvalue weighted by Gasteiger charge is -2.18. The van der Waals surface area contributed by atoms with Gasteiger partial charge in [-0.15, -0.1) is 0 Å². The molecule has 0 saturated heterocycles. The van der Waals surface area contributed by atoms with Crippen LogP contribution in [0.5, 0.6) is 0 Å². The summed E-state index contributed by atoms with van der Waals surface area (Å²) in [6, 6.07) is 6.63. The van der Waals surface area contributed by atoms with Gasteiger partial charge in [-0.3, -0.25) is 19.3 Å². The number of rotatable bonds is 8. The van der Waals surface area contributed by atoms with Crippen molar-refractivity contribution in [2.45, 2.75) is 39.2 Å². The summed E-state index contributed by atoms with van der Waals surface area (Å²) in [7, 11) is 0. The fourth-order valence-electron chi connectivity index (χ4n) is 2.59. The number of hydrogen-bond donors (Lipinski definition) is 2. The van der Waals surface area contributed by atoms with Gasteiger partial charge in [-0.2, -0.15) is 0 Å². The van der Waals surface area contributed by atoms with E-state index in [1.54, 1.807) is 24.3 Å². The van der Waals surface area contributed by atoms with Crippen LogP contribution in [0, 0.1) is 5.92 Å². The van der Waals surface area contributed by atoms with Gasteiger partial charge in [0.15, 0.2) is 0 Å². The highest BCUT2D eigenvalue weighted by Crippen LogP contribution is 2.22. The van der Waals surface area contributed by atoms with Crippen molar-refractivity contribution >= 4 is 17.7 Å². The first-order valence-electron chi connectivity index (χ1n) is 8.30. The smallest absolute Gasteiger partial charge is 0.261 e. The summed E-state index contributed by atoms with van der Waals surface area (Å²) < 4.78 is 0. The molecule has 0 bridgehead atoms. The van der Waals surface area contributed by atoms with E-state index in [9.17, 15) is 19.5 Å². The van der Waals surface area contributed by atoms with Gasteiger partial charge in [0.25, 0.3) is 11.8 Å². The van der Waals surface area contributed by atoms with E-state index in [2.05, 4.69) is 19.2 Å². The second kappa shape index (κ2) is 8.06. The maximum Gasteiger partial charge on any atom is 0.261 e. The zero-order valence-corrected chi connectivity index (χ0v) is 14.1. The van der Waals surface area contributed by atoms with E-state index < -0.39 is 6.10 Å². The average molecular weight is 332 g/mol. The van der Waals surface area contributed by atoms with Crippen molar-refractivity contribution in [1.82, 2.24) is 10.2 Å². The van der Waals surface area contributed by atoms with Crippen LogP contribution in [0.2, 0.25) is 0 Å². The molecule has 1 aliphatic rings. The van der Waals surface area contributed by atoms with Crippen molar-refractivity contribution < 1.29 is 19.5 Å². The van der Waals surface area contributed by atoms with E-state index in [0.29, 0.717) is 36.4 Å². The van der Waals surface area contributed by atoms with Crippen LogP contribution in [0.25, 0.3) is 0 Å². The molecular formula is C18H24N2O4. The van der Waals surface area contributed by atoms with Crippen molar-refractivity contribution in [3.63, 3.8) is 0 Å². The molecule has 0 saturated carbocycles. The second-order valence-electron chi connectivity index (χ2n) is 6.49. The molecule has 2 N–H and O–H groups in total. The summed E-state index contributed by atoms with van der Waals surface area (Å²) >= 11 is 0. The van der Waals surface area contributed by atoms with Gasteiger partial charge in [0.05, 0.1) is 23.8 Å². The summed E-state index contributed by atoms with van der Waals surface area (Å²) in [5.74, 6) is -0.335. The Bertz CT molecular complexity index is 592. The van der Waals surface area contributed by atoms with Crippen LogP contribution in [-0.2, 0) is 4.79 Å². The Morgan fingerprint density at radius 1 is 1.12 bits per heavy atom. The summed E-state index contributed by atoms with van der Waals surface area (Å²) in [5.41, 5.74) is 0.744. The summed E-state index contributed by atoms with van der Waals surface area (Å²) in [4.78, 5) is 37.1. The van der Waals surface area contributed by atoms with Crippen LogP contribution < -0.4 is 5.32 Å². The minimum absolute atomic E-state index is 0.0448. The van der Waals surface area contributed by atoms with E-state index in [1.165, 1.54) is 0 Å². The molecular weight excluding hydrogens is 308 g/mol. The molecule has 0 radical (unpaired) electrons. The molecule has 1 aliphatic heterocycles. The quantitative estimate of drug-likeness (QED) is 0.708. The van der Waals surface area contributed by atoms with Gasteiger partial charge in [-0.25, -0.2) is 0 Å². The molecule has 0 aromatic heterocycles. The van der Waals surface area contributed by atoms with Gasteiger partial charge >= 0.3 is 0 Å². The van der Waals surface area contributed by atoms with Crippen LogP contribution in [-0.4, -0.2) is 46.9 Å². The van der Waals surface area contributed by atoms with E-state index in [0.717, 1.165) is 11.3 Å². The summed E-state index contributed by atoms with van der Waals surface area (Å²) in [6.07, 6.45) is 0.716. The molecule has 3 amide bonds. The zero-order chi connectivity index (χ0) is 17.7. The van der Waals surface area contributed by atoms with Gasteiger partial charge in [0.2, 0.25) is 5.91 Å². The molecule has 1 heterocycles. The monoisotopic (exact) mass is 332 g/mol. The number of amides is 3. The van der Waals surface area contributed by atoms with Crippen LogP contribution in [0.15, 0.2) is 24.3 Å². The van der Waals surface area contributed by atoms with Crippen LogP contribution in [0.1, 0.15) is 53.8 Å². The first-order chi connectivity index (χ1) is 11.4. The Kier molecular flexibility index (Phi) is 6.09. The maximum atomic E-state index is 12.2. The first kappa shape index (κ1) is 18.1. The normalized spacial score (nSPS) is 14.9. The minimum atomic E-state index is -0.863. The first-order valence-corrected chi connectivity index (χ1v) is 8.30.